The topological polar surface area (TPSA) is 170 Å². The molecule has 0 atom stereocenters. The van der Waals surface area contributed by atoms with E-state index in [4.69, 9.17) is 0 Å². The normalized spacial score (nSPS) is 28.3. The van der Waals surface area contributed by atoms with Crippen LogP contribution < -0.4 is 0 Å². The molecule has 14 heteroatoms. The van der Waals surface area contributed by atoms with Gasteiger partial charge in [0.25, 0.3) is 11.3 Å². The number of allylic oxidation sites excluding steroid dienone is 2. The van der Waals surface area contributed by atoms with E-state index in [2.05, 4.69) is 60.9 Å². The summed E-state index contributed by atoms with van der Waals surface area (Å²) in [6, 6.07) is 0. The number of rotatable bonds is 8. The van der Waals surface area contributed by atoms with Gasteiger partial charge in [0.05, 0.1) is 11.1 Å². The lowest BCUT2D eigenvalue weighted by Gasteiger charge is -2.46. The van der Waals surface area contributed by atoms with E-state index in [1.807, 2.05) is 0 Å². The Morgan fingerprint density at radius 2 is 0.885 bits per heavy atom. The Labute approximate surface area is 146 Å². The van der Waals surface area contributed by atoms with Gasteiger partial charge in [0.2, 0.25) is 0 Å². The fraction of sp³-hybridized carbons (Fsp3) is 0.500. The van der Waals surface area contributed by atoms with Crippen LogP contribution in [0.1, 0.15) is 0 Å². The summed E-state index contributed by atoms with van der Waals surface area (Å²) in [5, 5.41) is 28.9. The Hall–Kier alpha value is -3.58. The maximum atomic E-state index is 12.4. The number of ketones is 2. The summed E-state index contributed by atoms with van der Waals surface area (Å²) in [6.45, 7) is 0. The second-order valence-electron chi connectivity index (χ2n) is 4.61. The molecule has 0 aromatic rings. The first-order valence-corrected chi connectivity index (χ1v) is 6.88. The summed E-state index contributed by atoms with van der Waals surface area (Å²) in [4.78, 5) is 43.1. The number of carbonyl (C=O) groups excluding carboxylic acids is 2. The minimum atomic E-state index is -2.07. The van der Waals surface area contributed by atoms with Crippen molar-refractivity contribution in [1.29, 1.82) is 0 Å². The number of carbonyl (C=O) groups is 2. The van der Waals surface area contributed by atoms with Crippen LogP contribution in [-0.4, -0.2) is 51.3 Å². The van der Waals surface area contributed by atoms with Gasteiger partial charge in [-0.3, -0.25) is 9.59 Å². The maximum absolute atomic E-state index is 12.4. The molecule has 0 fully saturated rings. The lowest BCUT2D eigenvalue weighted by molar-refractivity contribution is -0.118. The average molecular weight is 366 g/mol. The molecule has 138 valence electrons. The van der Waals surface area contributed by atoms with Crippen molar-refractivity contribution in [3.8, 4) is 0 Å². The van der Waals surface area contributed by atoms with Crippen LogP contribution in [0.25, 0.3) is 0 Å². The molecule has 2 rings (SSSR count). The van der Waals surface area contributed by atoms with E-state index in [0.717, 1.165) is 12.2 Å². The standard InChI is InChI=1S/C12H14N8O6/c1-23-17-13-11(14-18-24-2)9-7(21)5-6-8(22)10(9)12(11,15-19-25-3)16-20-26-4/h5-6H,1-4H3. The highest BCUT2D eigenvalue weighted by Crippen LogP contribution is 2.57. The second-order valence-corrected chi connectivity index (χ2v) is 4.61. The van der Waals surface area contributed by atoms with Gasteiger partial charge in [-0.1, -0.05) is 0 Å². The Kier molecular flexibility index (Phi) is 5.44. The molecule has 0 saturated heterocycles. The molecule has 0 spiro atoms. The van der Waals surface area contributed by atoms with Crippen molar-refractivity contribution in [2.75, 3.05) is 28.4 Å². The molecule has 0 N–H and O–H groups in total. The Morgan fingerprint density at radius 3 is 1.12 bits per heavy atom. The van der Waals surface area contributed by atoms with Crippen LogP contribution in [-0.2, 0) is 28.9 Å². The number of hydrogen-bond acceptors (Lipinski definition) is 14. The Balaban J connectivity index is 2.85. The largest absolute Gasteiger partial charge is 0.383 e. The van der Waals surface area contributed by atoms with Crippen LogP contribution in [0.4, 0.5) is 0 Å². The Morgan fingerprint density at radius 1 is 0.615 bits per heavy atom. The summed E-state index contributed by atoms with van der Waals surface area (Å²) in [6.07, 6.45) is 2.09. The lowest BCUT2D eigenvalue weighted by atomic mass is 9.63. The molecule has 0 heterocycles. The van der Waals surface area contributed by atoms with E-state index >= 15 is 0 Å². The molecule has 0 aromatic heterocycles. The van der Waals surface area contributed by atoms with Crippen molar-refractivity contribution in [3.63, 3.8) is 0 Å². The van der Waals surface area contributed by atoms with Gasteiger partial charge >= 0.3 is 0 Å². The molecule has 14 nitrogen and oxygen atoms in total. The fourth-order valence-electron chi connectivity index (χ4n) is 2.46. The first kappa shape index (κ1) is 18.8. The van der Waals surface area contributed by atoms with Crippen molar-refractivity contribution in [2.45, 2.75) is 11.3 Å². The number of hydrogen-bond donors (Lipinski definition) is 0. The molecular weight excluding hydrogens is 352 g/mol. The van der Waals surface area contributed by atoms with Crippen LogP contribution in [0, 0.1) is 0 Å². The van der Waals surface area contributed by atoms with Gasteiger partial charge < -0.3 is 19.4 Å². The zero-order valence-corrected chi connectivity index (χ0v) is 14.2. The van der Waals surface area contributed by atoms with Crippen LogP contribution in [0.5, 0.6) is 0 Å². The monoisotopic (exact) mass is 366 g/mol. The van der Waals surface area contributed by atoms with Gasteiger partial charge in [-0.05, 0) is 12.2 Å². The predicted octanol–water partition coefficient (Wildman–Crippen LogP) is 1.45. The smallest absolute Gasteiger partial charge is 0.280 e. The summed E-state index contributed by atoms with van der Waals surface area (Å²) in [7, 11) is 4.84. The minimum Gasteiger partial charge on any atom is -0.383 e. The summed E-state index contributed by atoms with van der Waals surface area (Å²) in [5.74, 6) is -1.17. The van der Waals surface area contributed by atoms with Gasteiger partial charge in [-0.25, -0.2) is 0 Å². The van der Waals surface area contributed by atoms with Crippen LogP contribution in [0.15, 0.2) is 64.9 Å². The van der Waals surface area contributed by atoms with Crippen LogP contribution >= 0.6 is 0 Å². The van der Waals surface area contributed by atoms with E-state index in [1.54, 1.807) is 0 Å². The van der Waals surface area contributed by atoms with Crippen molar-refractivity contribution >= 4 is 11.6 Å². The summed E-state index contributed by atoms with van der Waals surface area (Å²) >= 11 is 0. The molecule has 26 heavy (non-hydrogen) atoms. The zero-order valence-electron chi connectivity index (χ0n) is 14.2. The highest BCUT2D eigenvalue weighted by atomic mass is 16.6. The zero-order chi connectivity index (χ0) is 19.2. The molecule has 0 aromatic carbocycles. The SMILES string of the molecule is CON=NC1(N=NOC)C2=C(C(=O)C=CC2=O)C1(N=NOC)N=NOC. The van der Waals surface area contributed by atoms with Crippen molar-refractivity contribution < 1.29 is 28.9 Å². The van der Waals surface area contributed by atoms with E-state index in [-0.39, 0.29) is 11.1 Å². The lowest BCUT2D eigenvalue weighted by Crippen LogP contribution is -2.64. The van der Waals surface area contributed by atoms with Gasteiger partial charge in [0.1, 0.15) is 28.4 Å². The third kappa shape index (κ3) is 2.60. The molecule has 0 bridgehead atoms. The Bertz CT molecular complexity index is 678. The molecular formula is C12H14N8O6. The van der Waals surface area contributed by atoms with Gasteiger partial charge in [0, 0.05) is 21.1 Å². The maximum Gasteiger partial charge on any atom is 0.280 e. The van der Waals surface area contributed by atoms with E-state index in [1.165, 1.54) is 28.4 Å². The fourth-order valence-corrected chi connectivity index (χ4v) is 2.46. The highest BCUT2D eigenvalue weighted by Gasteiger charge is 2.75. The average Bonchev–Trinajstić information content (AvgIpc) is 2.64. The molecule has 0 radical (unpaired) electrons. The molecule has 0 unspecified atom stereocenters. The summed E-state index contributed by atoms with van der Waals surface area (Å²) < 4.78 is 0. The van der Waals surface area contributed by atoms with Gasteiger partial charge in [-0.2, -0.15) is 0 Å². The molecule has 0 saturated carbocycles. The van der Waals surface area contributed by atoms with E-state index < -0.39 is 22.9 Å². The quantitative estimate of drug-likeness (QED) is 0.357. The first-order valence-electron chi connectivity index (χ1n) is 6.88. The summed E-state index contributed by atoms with van der Waals surface area (Å²) in [5.41, 5.74) is -4.51. The third-order valence-corrected chi connectivity index (χ3v) is 3.38. The highest BCUT2D eigenvalue weighted by molar-refractivity contribution is 6.25. The second kappa shape index (κ2) is 7.54. The molecule has 0 aliphatic heterocycles. The van der Waals surface area contributed by atoms with Crippen molar-refractivity contribution in [2.24, 2.45) is 41.6 Å². The third-order valence-electron chi connectivity index (χ3n) is 3.38. The predicted molar refractivity (Wildman–Crippen MR) is 79.1 cm³/mol. The van der Waals surface area contributed by atoms with Crippen LogP contribution in [0.3, 0.4) is 0 Å². The molecule has 2 aliphatic rings. The number of nitrogens with zero attached hydrogens (tertiary/aromatic N) is 8. The van der Waals surface area contributed by atoms with Crippen molar-refractivity contribution in [3.05, 3.63) is 23.3 Å². The minimum absolute atomic E-state index is 0.184. The molecule has 2 aliphatic carbocycles. The van der Waals surface area contributed by atoms with E-state index in [9.17, 15) is 9.59 Å². The van der Waals surface area contributed by atoms with Crippen LogP contribution in [0.2, 0.25) is 0 Å². The van der Waals surface area contributed by atoms with Gasteiger partial charge in [-0.15, -0.1) is 20.5 Å². The van der Waals surface area contributed by atoms with E-state index in [0.29, 0.717) is 0 Å². The molecule has 0 amide bonds. The van der Waals surface area contributed by atoms with Crippen molar-refractivity contribution in [1.82, 2.24) is 0 Å². The van der Waals surface area contributed by atoms with Gasteiger partial charge in [0.15, 0.2) is 11.6 Å². The first-order chi connectivity index (χ1) is 12.5.